The molecule has 1 fully saturated rings. The average Bonchev–Trinajstić information content (AvgIpc) is 2.28. The van der Waals surface area contributed by atoms with Crippen LogP contribution in [0.1, 0.15) is 37.7 Å². The van der Waals surface area contributed by atoms with Gasteiger partial charge >= 0.3 is 0 Å². The number of hydrogen-bond donors (Lipinski definition) is 1. The molecule has 1 saturated carbocycles. The van der Waals surface area contributed by atoms with Crippen molar-refractivity contribution in [3.63, 3.8) is 0 Å². The molecule has 0 amide bonds. The van der Waals surface area contributed by atoms with E-state index in [1.165, 1.54) is 12.0 Å². The van der Waals surface area contributed by atoms with Crippen LogP contribution in [0, 0.1) is 6.92 Å². The van der Waals surface area contributed by atoms with Crippen molar-refractivity contribution in [3.05, 3.63) is 29.8 Å². The zero-order chi connectivity index (χ0) is 11.4. The van der Waals surface area contributed by atoms with Crippen LogP contribution in [-0.2, 0) is 0 Å². The smallest absolute Gasteiger partial charge is 0.119 e. The van der Waals surface area contributed by atoms with Gasteiger partial charge in [0.25, 0.3) is 0 Å². The molecule has 1 aromatic carbocycles. The molecule has 2 heteroatoms. The Labute approximate surface area is 97.3 Å². The molecule has 0 atom stereocenters. The van der Waals surface area contributed by atoms with E-state index in [0.29, 0.717) is 6.61 Å². The summed E-state index contributed by atoms with van der Waals surface area (Å²) in [5, 5.41) is 10.3. The number of ether oxygens (including phenoxy) is 1. The van der Waals surface area contributed by atoms with E-state index >= 15 is 0 Å². The largest absolute Gasteiger partial charge is 0.491 e. The Morgan fingerprint density at radius 2 is 2.00 bits per heavy atom. The first-order valence-electron chi connectivity index (χ1n) is 6.10. The first-order chi connectivity index (χ1) is 7.68. The molecule has 0 bridgehead atoms. The summed E-state index contributed by atoms with van der Waals surface area (Å²) in [5.74, 6) is 0.860. The number of benzene rings is 1. The molecule has 0 radical (unpaired) electrons. The minimum Gasteiger partial charge on any atom is -0.491 e. The fourth-order valence-electron chi connectivity index (χ4n) is 2.28. The van der Waals surface area contributed by atoms with Crippen LogP contribution in [0.3, 0.4) is 0 Å². The van der Waals surface area contributed by atoms with Gasteiger partial charge in [0, 0.05) is 0 Å². The van der Waals surface area contributed by atoms with Crippen molar-refractivity contribution in [1.82, 2.24) is 0 Å². The van der Waals surface area contributed by atoms with Crippen molar-refractivity contribution in [2.75, 3.05) is 6.61 Å². The topological polar surface area (TPSA) is 29.5 Å². The highest BCUT2D eigenvalue weighted by molar-refractivity contribution is 5.27. The third kappa shape index (κ3) is 2.99. The summed E-state index contributed by atoms with van der Waals surface area (Å²) < 4.78 is 5.68. The second-order valence-electron chi connectivity index (χ2n) is 4.89. The van der Waals surface area contributed by atoms with E-state index in [9.17, 15) is 5.11 Å². The van der Waals surface area contributed by atoms with E-state index in [-0.39, 0.29) is 0 Å². The zero-order valence-electron chi connectivity index (χ0n) is 9.91. The Morgan fingerprint density at radius 3 is 2.69 bits per heavy atom. The van der Waals surface area contributed by atoms with Crippen LogP contribution in [-0.4, -0.2) is 17.3 Å². The predicted octanol–water partition coefficient (Wildman–Crippen LogP) is 3.07. The summed E-state index contributed by atoms with van der Waals surface area (Å²) in [4.78, 5) is 0. The van der Waals surface area contributed by atoms with Gasteiger partial charge in [0.2, 0.25) is 0 Å². The maximum absolute atomic E-state index is 10.3. The first kappa shape index (κ1) is 11.5. The van der Waals surface area contributed by atoms with Crippen molar-refractivity contribution < 1.29 is 9.84 Å². The Bertz CT molecular complexity index is 340. The fraction of sp³-hybridized carbons (Fsp3) is 0.571. The van der Waals surface area contributed by atoms with Crippen LogP contribution in [0.2, 0.25) is 0 Å². The Morgan fingerprint density at radius 1 is 1.25 bits per heavy atom. The summed E-state index contributed by atoms with van der Waals surface area (Å²) in [6.07, 6.45) is 5.23. The van der Waals surface area contributed by atoms with Gasteiger partial charge in [-0.15, -0.1) is 0 Å². The molecule has 2 nitrogen and oxygen atoms in total. The van der Waals surface area contributed by atoms with E-state index in [2.05, 4.69) is 0 Å². The monoisotopic (exact) mass is 220 g/mol. The highest BCUT2D eigenvalue weighted by Crippen LogP contribution is 2.28. The van der Waals surface area contributed by atoms with Crippen LogP contribution in [0.15, 0.2) is 24.3 Å². The van der Waals surface area contributed by atoms with Gasteiger partial charge in [-0.3, -0.25) is 0 Å². The van der Waals surface area contributed by atoms with Crippen molar-refractivity contribution in [2.45, 2.75) is 44.6 Å². The molecule has 0 saturated heterocycles. The summed E-state index contributed by atoms with van der Waals surface area (Å²) in [5.41, 5.74) is 0.593. The number of aliphatic hydroxyl groups is 1. The van der Waals surface area contributed by atoms with E-state index in [0.717, 1.165) is 31.4 Å². The highest BCUT2D eigenvalue weighted by atomic mass is 16.5. The Balaban J connectivity index is 1.91. The summed E-state index contributed by atoms with van der Waals surface area (Å²) >= 11 is 0. The maximum Gasteiger partial charge on any atom is 0.119 e. The minimum absolute atomic E-state index is 0.427. The van der Waals surface area contributed by atoms with Crippen LogP contribution >= 0.6 is 0 Å². The van der Waals surface area contributed by atoms with E-state index in [4.69, 9.17) is 4.74 Å². The van der Waals surface area contributed by atoms with Gasteiger partial charge in [-0.2, -0.15) is 0 Å². The second-order valence-corrected chi connectivity index (χ2v) is 4.89. The van der Waals surface area contributed by atoms with Crippen LogP contribution < -0.4 is 4.74 Å². The van der Waals surface area contributed by atoms with E-state index < -0.39 is 5.60 Å². The zero-order valence-corrected chi connectivity index (χ0v) is 9.91. The molecule has 1 aromatic rings. The third-order valence-electron chi connectivity index (χ3n) is 3.28. The average molecular weight is 220 g/mol. The normalized spacial score (nSPS) is 19.4. The summed E-state index contributed by atoms with van der Waals surface area (Å²) in [7, 11) is 0. The Hall–Kier alpha value is -1.02. The van der Waals surface area contributed by atoms with Gasteiger partial charge in [0.15, 0.2) is 0 Å². The Kier molecular flexibility index (Phi) is 3.49. The number of aryl methyl sites for hydroxylation is 1. The van der Waals surface area contributed by atoms with Crippen molar-refractivity contribution in [1.29, 1.82) is 0 Å². The molecule has 1 N–H and O–H groups in total. The van der Waals surface area contributed by atoms with Crippen molar-refractivity contribution in [2.24, 2.45) is 0 Å². The van der Waals surface area contributed by atoms with Crippen molar-refractivity contribution >= 4 is 0 Å². The first-order valence-corrected chi connectivity index (χ1v) is 6.10. The summed E-state index contributed by atoms with van der Waals surface area (Å²) in [6.45, 7) is 2.47. The van der Waals surface area contributed by atoms with Gasteiger partial charge < -0.3 is 9.84 Å². The molecule has 1 aliphatic rings. The van der Waals surface area contributed by atoms with E-state index in [1.807, 2.05) is 31.2 Å². The molecule has 88 valence electrons. The fourth-order valence-corrected chi connectivity index (χ4v) is 2.28. The number of rotatable bonds is 3. The van der Waals surface area contributed by atoms with E-state index in [1.54, 1.807) is 0 Å². The van der Waals surface area contributed by atoms with Gasteiger partial charge in [-0.25, -0.2) is 0 Å². The molecule has 0 unspecified atom stereocenters. The van der Waals surface area contributed by atoms with Gasteiger partial charge in [0.1, 0.15) is 12.4 Å². The molecule has 0 aromatic heterocycles. The molecule has 1 aliphatic carbocycles. The molecule has 0 spiro atoms. The maximum atomic E-state index is 10.3. The van der Waals surface area contributed by atoms with Crippen LogP contribution in [0.25, 0.3) is 0 Å². The quantitative estimate of drug-likeness (QED) is 0.848. The predicted molar refractivity (Wildman–Crippen MR) is 64.7 cm³/mol. The van der Waals surface area contributed by atoms with Gasteiger partial charge in [-0.05, 0) is 37.5 Å². The van der Waals surface area contributed by atoms with Crippen LogP contribution in [0.4, 0.5) is 0 Å². The highest BCUT2D eigenvalue weighted by Gasteiger charge is 2.29. The standard InChI is InChI=1S/C14H20O2/c1-12-6-5-7-13(10-12)16-11-14(15)8-3-2-4-9-14/h5-7,10,15H,2-4,8-9,11H2,1H3. The molecule has 2 rings (SSSR count). The van der Waals surface area contributed by atoms with Crippen molar-refractivity contribution in [3.8, 4) is 5.75 Å². The lowest BCUT2D eigenvalue weighted by atomic mass is 9.85. The molecular weight excluding hydrogens is 200 g/mol. The second kappa shape index (κ2) is 4.88. The number of hydrogen-bond acceptors (Lipinski definition) is 2. The lowest BCUT2D eigenvalue weighted by molar-refractivity contribution is -0.0339. The molecule has 16 heavy (non-hydrogen) atoms. The molecule has 0 heterocycles. The molecule has 0 aliphatic heterocycles. The summed E-state index contributed by atoms with van der Waals surface area (Å²) in [6, 6.07) is 7.98. The van der Waals surface area contributed by atoms with Gasteiger partial charge in [-0.1, -0.05) is 31.4 Å². The minimum atomic E-state index is -0.595. The van der Waals surface area contributed by atoms with Crippen LogP contribution in [0.5, 0.6) is 5.75 Å². The molecular formula is C14H20O2. The third-order valence-corrected chi connectivity index (χ3v) is 3.28. The van der Waals surface area contributed by atoms with Gasteiger partial charge in [0.05, 0.1) is 5.60 Å². The lowest BCUT2D eigenvalue weighted by Crippen LogP contribution is -2.37. The lowest BCUT2D eigenvalue weighted by Gasteiger charge is -2.31. The SMILES string of the molecule is Cc1cccc(OCC2(O)CCCCC2)c1.